The van der Waals surface area contributed by atoms with Crippen LogP contribution in [0.1, 0.15) is 76.2 Å². The fraction of sp³-hybridized carbons (Fsp3) is 0.643. The number of imidazole rings is 1. The zero-order valence-corrected chi connectivity index (χ0v) is 19.6. The van der Waals surface area contributed by atoms with Gasteiger partial charge in [-0.2, -0.15) is 0 Å². The van der Waals surface area contributed by atoms with Crippen molar-refractivity contribution in [2.45, 2.75) is 77.8 Å². The fourth-order valence-electron chi connectivity index (χ4n) is 8.79. The van der Waals surface area contributed by atoms with Gasteiger partial charge in [0.25, 0.3) is 0 Å². The molecule has 1 unspecified atom stereocenters. The summed E-state index contributed by atoms with van der Waals surface area (Å²) in [5.74, 6) is 4.04. The molecule has 3 aliphatic carbocycles. The van der Waals surface area contributed by atoms with Gasteiger partial charge in [0.1, 0.15) is 5.82 Å². The fourth-order valence-corrected chi connectivity index (χ4v) is 8.79. The van der Waals surface area contributed by atoms with Crippen molar-refractivity contribution < 1.29 is 4.79 Å². The van der Waals surface area contributed by atoms with Crippen LogP contribution >= 0.6 is 0 Å². The molecule has 2 heterocycles. The van der Waals surface area contributed by atoms with E-state index in [4.69, 9.17) is 0 Å². The molecule has 2 aromatic rings. The predicted molar refractivity (Wildman–Crippen MR) is 126 cm³/mol. The van der Waals surface area contributed by atoms with E-state index in [-0.39, 0.29) is 17.2 Å². The molecule has 0 saturated heterocycles. The summed E-state index contributed by atoms with van der Waals surface area (Å²) in [7, 11) is 0. The van der Waals surface area contributed by atoms with E-state index in [9.17, 15) is 4.79 Å². The van der Waals surface area contributed by atoms with Crippen LogP contribution in [-0.2, 0) is 17.8 Å². The van der Waals surface area contributed by atoms with E-state index >= 15 is 0 Å². The number of aromatic nitrogens is 2. The standard InChI is InChI=1S/C28H37N3O/c1-27-14-12-22-20(8-11-24-28(22,2)15-13-25-29-16-17-31(24)25)21(27)9-10-23(27)26(32)30-18-19-6-4-3-5-7-19/h3-7,16-17,20-24H,8-15,18H2,1-2H3,(H,30,32)/t20-,21-,22-,23+,24?,27-,28+/m0/s1. The van der Waals surface area contributed by atoms with Crippen LogP contribution in [0, 0.1) is 34.5 Å². The third-order valence-electron chi connectivity index (χ3n) is 10.4. The monoisotopic (exact) mass is 431 g/mol. The van der Waals surface area contributed by atoms with E-state index in [1.165, 1.54) is 49.9 Å². The van der Waals surface area contributed by atoms with Gasteiger partial charge in [-0.15, -0.1) is 0 Å². The molecule has 6 rings (SSSR count). The molecule has 1 amide bonds. The second-order valence-electron chi connectivity index (χ2n) is 11.6. The Morgan fingerprint density at radius 3 is 2.69 bits per heavy atom. The molecule has 3 saturated carbocycles. The Bertz CT molecular complexity index is 999. The number of hydrogen-bond donors (Lipinski definition) is 1. The van der Waals surface area contributed by atoms with Crippen molar-refractivity contribution in [3.05, 3.63) is 54.1 Å². The van der Waals surface area contributed by atoms with Gasteiger partial charge in [0, 0.05) is 37.3 Å². The van der Waals surface area contributed by atoms with Gasteiger partial charge in [0.05, 0.1) is 0 Å². The maximum atomic E-state index is 13.3. The van der Waals surface area contributed by atoms with Crippen molar-refractivity contribution >= 4 is 5.91 Å². The summed E-state index contributed by atoms with van der Waals surface area (Å²) in [6.07, 6.45) is 14.0. The Hall–Kier alpha value is -2.10. The van der Waals surface area contributed by atoms with Gasteiger partial charge in [-0.3, -0.25) is 4.79 Å². The van der Waals surface area contributed by atoms with Gasteiger partial charge in [0.2, 0.25) is 5.91 Å². The topological polar surface area (TPSA) is 46.9 Å². The number of hydrogen-bond acceptors (Lipinski definition) is 2. The smallest absolute Gasteiger partial charge is 0.223 e. The molecule has 0 radical (unpaired) electrons. The molecule has 170 valence electrons. The summed E-state index contributed by atoms with van der Waals surface area (Å²) in [5.41, 5.74) is 1.73. The molecule has 1 aliphatic heterocycles. The highest BCUT2D eigenvalue weighted by Gasteiger charge is 2.61. The zero-order valence-electron chi connectivity index (χ0n) is 19.6. The summed E-state index contributed by atoms with van der Waals surface area (Å²) in [6.45, 7) is 5.69. The van der Waals surface area contributed by atoms with Crippen molar-refractivity contribution in [3.63, 3.8) is 0 Å². The summed E-state index contributed by atoms with van der Waals surface area (Å²) >= 11 is 0. The van der Waals surface area contributed by atoms with Crippen LogP contribution in [-0.4, -0.2) is 15.5 Å². The highest BCUT2D eigenvalue weighted by Crippen LogP contribution is 2.67. The largest absolute Gasteiger partial charge is 0.352 e. The third-order valence-corrected chi connectivity index (χ3v) is 10.4. The average Bonchev–Trinajstić information content (AvgIpc) is 3.42. The number of amides is 1. The van der Waals surface area contributed by atoms with Crippen LogP contribution < -0.4 is 5.32 Å². The van der Waals surface area contributed by atoms with Crippen molar-refractivity contribution in [1.29, 1.82) is 0 Å². The second kappa shape index (κ2) is 7.46. The van der Waals surface area contributed by atoms with Crippen LogP contribution in [0.2, 0.25) is 0 Å². The molecule has 0 bridgehead atoms. The molecule has 4 nitrogen and oxygen atoms in total. The quantitative estimate of drug-likeness (QED) is 0.693. The normalized spacial score (nSPS) is 40.0. The molecular weight excluding hydrogens is 394 g/mol. The van der Waals surface area contributed by atoms with E-state index < -0.39 is 0 Å². The molecule has 0 spiro atoms. The first-order valence-corrected chi connectivity index (χ1v) is 12.8. The first-order valence-electron chi connectivity index (χ1n) is 12.8. The molecule has 4 heteroatoms. The molecule has 1 aromatic heterocycles. The van der Waals surface area contributed by atoms with Gasteiger partial charge in [-0.1, -0.05) is 44.2 Å². The molecule has 1 N–H and O–H groups in total. The maximum absolute atomic E-state index is 13.3. The average molecular weight is 432 g/mol. The Labute approximate surface area is 192 Å². The lowest BCUT2D eigenvalue weighted by Crippen LogP contribution is -2.54. The SMILES string of the molecule is C[C@]12CC[C@H]3[C@@H](CCC4n5ccnc5CC[C@@]43C)[C@@H]1CC[C@@H]2C(=O)NCc1ccccc1. The number of fused-ring (bicyclic) bond motifs is 7. The highest BCUT2D eigenvalue weighted by molar-refractivity contribution is 5.80. The molecule has 32 heavy (non-hydrogen) atoms. The summed E-state index contributed by atoms with van der Waals surface area (Å²) < 4.78 is 2.52. The third kappa shape index (κ3) is 2.94. The van der Waals surface area contributed by atoms with Crippen molar-refractivity contribution in [2.75, 3.05) is 0 Å². The number of rotatable bonds is 3. The first-order chi connectivity index (χ1) is 15.5. The van der Waals surface area contributed by atoms with Crippen LogP contribution in [0.3, 0.4) is 0 Å². The summed E-state index contributed by atoms with van der Waals surface area (Å²) in [4.78, 5) is 18.0. The molecule has 7 atom stereocenters. The Morgan fingerprint density at radius 2 is 1.84 bits per heavy atom. The zero-order chi connectivity index (χ0) is 21.9. The maximum Gasteiger partial charge on any atom is 0.223 e. The number of nitrogens with one attached hydrogen (secondary N) is 1. The van der Waals surface area contributed by atoms with E-state index in [0.717, 1.165) is 24.7 Å². The van der Waals surface area contributed by atoms with Gasteiger partial charge in [0.15, 0.2) is 0 Å². The van der Waals surface area contributed by atoms with Gasteiger partial charge < -0.3 is 9.88 Å². The van der Waals surface area contributed by atoms with Gasteiger partial charge in [-0.05, 0) is 79.1 Å². The van der Waals surface area contributed by atoms with E-state index in [2.05, 4.69) is 47.0 Å². The minimum Gasteiger partial charge on any atom is -0.352 e. The summed E-state index contributed by atoms with van der Waals surface area (Å²) in [5, 5.41) is 3.28. The lowest BCUT2D eigenvalue weighted by Gasteiger charge is -2.60. The van der Waals surface area contributed by atoms with E-state index in [1.807, 2.05) is 24.4 Å². The number of carbonyl (C=O) groups excluding carboxylic acids is 1. The minimum atomic E-state index is 0.167. The lowest BCUT2D eigenvalue weighted by atomic mass is 9.47. The van der Waals surface area contributed by atoms with Crippen LogP contribution in [0.25, 0.3) is 0 Å². The van der Waals surface area contributed by atoms with Crippen molar-refractivity contribution in [2.24, 2.45) is 34.5 Å². The Balaban J connectivity index is 1.20. The van der Waals surface area contributed by atoms with Crippen molar-refractivity contribution in [1.82, 2.24) is 14.9 Å². The minimum absolute atomic E-state index is 0.167. The van der Waals surface area contributed by atoms with Crippen molar-refractivity contribution in [3.8, 4) is 0 Å². The van der Waals surface area contributed by atoms with Crippen LogP contribution in [0.5, 0.6) is 0 Å². The molecule has 4 aliphatic rings. The molecule has 1 aromatic carbocycles. The van der Waals surface area contributed by atoms with E-state index in [0.29, 0.717) is 23.9 Å². The predicted octanol–water partition coefficient (Wildman–Crippen LogP) is 5.55. The first kappa shape index (κ1) is 20.5. The number of nitrogens with zero attached hydrogens (tertiary/aromatic N) is 2. The van der Waals surface area contributed by atoms with Crippen LogP contribution in [0.4, 0.5) is 0 Å². The second-order valence-corrected chi connectivity index (χ2v) is 11.6. The molecule has 3 fully saturated rings. The van der Waals surface area contributed by atoms with Gasteiger partial charge in [-0.25, -0.2) is 4.98 Å². The van der Waals surface area contributed by atoms with Crippen LogP contribution in [0.15, 0.2) is 42.7 Å². The molecular formula is C28H37N3O. The highest BCUT2D eigenvalue weighted by atomic mass is 16.1. The van der Waals surface area contributed by atoms with Gasteiger partial charge >= 0.3 is 0 Å². The Morgan fingerprint density at radius 1 is 1.03 bits per heavy atom. The number of aryl methyl sites for hydroxylation is 1. The number of carbonyl (C=O) groups is 1. The number of benzene rings is 1. The summed E-state index contributed by atoms with van der Waals surface area (Å²) in [6, 6.07) is 10.9. The lowest BCUT2D eigenvalue weighted by molar-refractivity contribution is -0.135. The Kier molecular flexibility index (Phi) is 4.78. The van der Waals surface area contributed by atoms with E-state index in [1.54, 1.807) is 0 Å².